The van der Waals surface area contributed by atoms with E-state index in [2.05, 4.69) is 9.78 Å². The fourth-order valence-corrected chi connectivity index (χ4v) is 1.12. The summed E-state index contributed by atoms with van der Waals surface area (Å²) in [5.41, 5.74) is 0.913. The van der Waals surface area contributed by atoms with Gasteiger partial charge in [-0.15, -0.1) is 0 Å². The minimum atomic E-state index is -1.05. The van der Waals surface area contributed by atoms with E-state index in [1.165, 1.54) is 0 Å². The van der Waals surface area contributed by atoms with Gasteiger partial charge in [-0.1, -0.05) is 37.3 Å². The fourth-order valence-electron chi connectivity index (χ4n) is 1.12. The molecule has 0 saturated carbocycles. The van der Waals surface area contributed by atoms with Crippen LogP contribution < -0.4 is 0 Å². The lowest BCUT2D eigenvalue weighted by Gasteiger charge is -2.17. The summed E-state index contributed by atoms with van der Waals surface area (Å²) in [6.07, 6.45) is -1.05. The van der Waals surface area contributed by atoms with Gasteiger partial charge in [0, 0.05) is 5.92 Å². The Hall–Kier alpha value is -0.940. The number of hydrogen-bond acceptors (Lipinski definition) is 4. The van der Waals surface area contributed by atoms with Crippen molar-refractivity contribution in [3.8, 4) is 0 Å². The molecule has 1 aromatic carbocycles. The Kier molecular flexibility index (Phi) is 3.85. The van der Waals surface area contributed by atoms with Gasteiger partial charge in [-0.25, -0.2) is 20.3 Å². The Labute approximate surface area is 76.2 Å². The van der Waals surface area contributed by atoms with Crippen molar-refractivity contribution < 1.29 is 20.3 Å². The Bertz CT molecular complexity index is 233. The van der Waals surface area contributed by atoms with E-state index in [1.807, 2.05) is 30.3 Å². The monoisotopic (exact) mass is 184 g/mol. The standard InChI is InChI=1S/C9H12O4/c1-7(9(12-10)13-11)8-5-3-2-4-6-8/h2-7,9-11H,1H3. The Morgan fingerprint density at radius 1 is 1.08 bits per heavy atom. The number of benzene rings is 1. The van der Waals surface area contributed by atoms with Crippen LogP contribution in [-0.4, -0.2) is 16.8 Å². The van der Waals surface area contributed by atoms with Gasteiger partial charge in [-0.2, -0.15) is 0 Å². The topological polar surface area (TPSA) is 58.9 Å². The molecule has 0 aliphatic rings. The van der Waals surface area contributed by atoms with E-state index >= 15 is 0 Å². The molecule has 13 heavy (non-hydrogen) atoms. The van der Waals surface area contributed by atoms with Gasteiger partial charge in [0.05, 0.1) is 0 Å². The molecule has 2 N–H and O–H groups in total. The van der Waals surface area contributed by atoms with Crippen LogP contribution in [0.4, 0.5) is 0 Å². The lowest BCUT2D eigenvalue weighted by atomic mass is 10.0. The van der Waals surface area contributed by atoms with Crippen molar-refractivity contribution in [3.63, 3.8) is 0 Å². The lowest BCUT2D eigenvalue weighted by molar-refractivity contribution is -0.435. The third-order valence-corrected chi connectivity index (χ3v) is 1.94. The van der Waals surface area contributed by atoms with Gasteiger partial charge in [0.25, 0.3) is 0 Å². The minimum absolute atomic E-state index is 0.240. The van der Waals surface area contributed by atoms with Crippen molar-refractivity contribution in [2.45, 2.75) is 19.1 Å². The molecule has 72 valence electrons. The summed E-state index contributed by atoms with van der Waals surface area (Å²) in [5, 5.41) is 16.7. The van der Waals surface area contributed by atoms with E-state index in [0.29, 0.717) is 0 Å². The molecule has 0 spiro atoms. The summed E-state index contributed by atoms with van der Waals surface area (Å²) in [7, 11) is 0. The number of rotatable bonds is 4. The second-order valence-corrected chi connectivity index (χ2v) is 2.78. The quantitative estimate of drug-likeness (QED) is 0.427. The summed E-state index contributed by atoms with van der Waals surface area (Å²) in [6, 6.07) is 9.31. The van der Waals surface area contributed by atoms with Crippen LogP contribution in [0.25, 0.3) is 0 Å². The first kappa shape index (κ1) is 10.1. The zero-order chi connectivity index (χ0) is 9.68. The van der Waals surface area contributed by atoms with E-state index in [1.54, 1.807) is 6.92 Å². The van der Waals surface area contributed by atoms with Gasteiger partial charge in [-0.3, -0.25) is 0 Å². The zero-order valence-electron chi connectivity index (χ0n) is 7.25. The highest BCUT2D eigenvalue weighted by Crippen LogP contribution is 2.20. The molecule has 1 rings (SSSR count). The molecule has 0 fully saturated rings. The molecule has 0 aromatic heterocycles. The van der Waals surface area contributed by atoms with E-state index in [0.717, 1.165) is 5.56 Å². The average molecular weight is 184 g/mol. The predicted octanol–water partition coefficient (Wildman–Crippen LogP) is 2.10. The van der Waals surface area contributed by atoms with E-state index in [-0.39, 0.29) is 5.92 Å². The molecule has 0 heterocycles. The molecule has 1 aromatic rings. The van der Waals surface area contributed by atoms with Crippen LogP contribution in [0.3, 0.4) is 0 Å². The summed E-state index contributed by atoms with van der Waals surface area (Å²) in [5.74, 6) is -0.240. The highest BCUT2D eigenvalue weighted by molar-refractivity contribution is 5.19. The summed E-state index contributed by atoms with van der Waals surface area (Å²) in [4.78, 5) is 7.89. The SMILES string of the molecule is CC(c1ccccc1)C(OO)OO. The molecule has 0 bridgehead atoms. The number of hydrogen-bond donors (Lipinski definition) is 2. The van der Waals surface area contributed by atoms with Crippen molar-refractivity contribution in [1.29, 1.82) is 0 Å². The van der Waals surface area contributed by atoms with Gasteiger partial charge < -0.3 is 0 Å². The van der Waals surface area contributed by atoms with Crippen LogP contribution in [-0.2, 0) is 9.78 Å². The highest BCUT2D eigenvalue weighted by Gasteiger charge is 2.20. The van der Waals surface area contributed by atoms with Crippen LogP contribution >= 0.6 is 0 Å². The molecule has 0 amide bonds. The maximum atomic E-state index is 8.37. The molecule has 1 atom stereocenters. The van der Waals surface area contributed by atoms with Crippen molar-refractivity contribution in [2.24, 2.45) is 0 Å². The van der Waals surface area contributed by atoms with Crippen LogP contribution in [0.5, 0.6) is 0 Å². The molecule has 0 aliphatic heterocycles. The van der Waals surface area contributed by atoms with Crippen molar-refractivity contribution >= 4 is 0 Å². The molecule has 4 nitrogen and oxygen atoms in total. The van der Waals surface area contributed by atoms with Gasteiger partial charge in [0.1, 0.15) is 0 Å². The minimum Gasteiger partial charge on any atom is -0.249 e. The van der Waals surface area contributed by atoms with Crippen molar-refractivity contribution in [1.82, 2.24) is 0 Å². The summed E-state index contributed by atoms with van der Waals surface area (Å²) >= 11 is 0. The maximum Gasteiger partial charge on any atom is 0.230 e. The van der Waals surface area contributed by atoms with Gasteiger partial charge >= 0.3 is 0 Å². The van der Waals surface area contributed by atoms with E-state index < -0.39 is 6.29 Å². The maximum absolute atomic E-state index is 8.37. The molecule has 1 unspecified atom stereocenters. The zero-order valence-corrected chi connectivity index (χ0v) is 7.25. The van der Waals surface area contributed by atoms with Crippen LogP contribution in [0.1, 0.15) is 18.4 Å². The Morgan fingerprint density at radius 3 is 2.08 bits per heavy atom. The van der Waals surface area contributed by atoms with Crippen LogP contribution in [0, 0.1) is 0 Å². The normalized spacial score (nSPS) is 13.2. The Morgan fingerprint density at radius 2 is 1.62 bits per heavy atom. The predicted molar refractivity (Wildman–Crippen MR) is 46.1 cm³/mol. The van der Waals surface area contributed by atoms with Gasteiger partial charge in [0.15, 0.2) is 0 Å². The second kappa shape index (κ2) is 4.94. The van der Waals surface area contributed by atoms with Crippen LogP contribution in [0.15, 0.2) is 30.3 Å². The van der Waals surface area contributed by atoms with Gasteiger partial charge in [0.2, 0.25) is 6.29 Å². The molecule has 0 aliphatic carbocycles. The molecule has 0 saturated heterocycles. The third-order valence-electron chi connectivity index (χ3n) is 1.94. The molecular weight excluding hydrogens is 172 g/mol. The first-order valence-corrected chi connectivity index (χ1v) is 3.95. The molecule has 0 radical (unpaired) electrons. The van der Waals surface area contributed by atoms with E-state index in [4.69, 9.17) is 10.5 Å². The summed E-state index contributed by atoms with van der Waals surface area (Å²) < 4.78 is 0. The van der Waals surface area contributed by atoms with E-state index in [9.17, 15) is 0 Å². The third kappa shape index (κ3) is 2.50. The second-order valence-electron chi connectivity index (χ2n) is 2.78. The summed E-state index contributed by atoms with van der Waals surface area (Å²) in [6.45, 7) is 1.77. The molecule has 4 heteroatoms. The smallest absolute Gasteiger partial charge is 0.230 e. The largest absolute Gasteiger partial charge is 0.249 e. The van der Waals surface area contributed by atoms with Gasteiger partial charge in [-0.05, 0) is 5.56 Å². The van der Waals surface area contributed by atoms with Crippen molar-refractivity contribution in [2.75, 3.05) is 0 Å². The molecular formula is C9H12O4. The average Bonchev–Trinajstić information content (AvgIpc) is 2.21. The first-order valence-electron chi connectivity index (χ1n) is 3.95. The van der Waals surface area contributed by atoms with Crippen molar-refractivity contribution in [3.05, 3.63) is 35.9 Å². The Balaban J connectivity index is 2.72. The highest BCUT2D eigenvalue weighted by atomic mass is 17.2. The fraction of sp³-hybridized carbons (Fsp3) is 0.333. The first-order chi connectivity index (χ1) is 6.29. The van der Waals surface area contributed by atoms with Crippen LogP contribution in [0.2, 0.25) is 0 Å². The lowest BCUT2D eigenvalue weighted by Crippen LogP contribution is -2.21.